The molecule has 0 aliphatic rings. The summed E-state index contributed by atoms with van der Waals surface area (Å²) in [4.78, 5) is 23.2. The smallest absolute Gasteiger partial charge is 0.356 e. The van der Waals surface area contributed by atoms with Gasteiger partial charge in [0.05, 0.1) is 5.56 Å². The number of benzene rings is 1. The number of hydrogen-bond acceptors (Lipinski definition) is 3. The molecular weight excluding hydrogens is 359 g/mol. The van der Waals surface area contributed by atoms with Crippen molar-refractivity contribution in [2.45, 2.75) is 45.3 Å². The summed E-state index contributed by atoms with van der Waals surface area (Å²) in [7, 11) is 0. The van der Waals surface area contributed by atoms with Crippen molar-refractivity contribution in [3.63, 3.8) is 0 Å². The van der Waals surface area contributed by atoms with Crippen molar-refractivity contribution in [3.05, 3.63) is 29.3 Å². The summed E-state index contributed by atoms with van der Waals surface area (Å²) in [6.45, 7) is 2.44. The van der Waals surface area contributed by atoms with E-state index in [0.29, 0.717) is 13.0 Å². The van der Waals surface area contributed by atoms with Crippen LogP contribution in [0.15, 0.2) is 18.2 Å². The van der Waals surface area contributed by atoms with Crippen LogP contribution in [0.1, 0.15) is 43.7 Å². The van der Waals surface area contributed by atoms with Crippen LogP contribution in [-0.4, -0.2) is 18.4 Å². The van der Waals surface area contributed by atoms with Crippen molar-refractivity contribution < 1.29 is 22.8 Å². The number of carbonyl (C=O) groups excluding carboxylic acids is 2. The molecule has 0 unspecified atom stereocenters. The van der Waals surface area contributed by atoms with Crippen LogP contribution in [0.3, 0.4) is 0 Å². The molecule has 4 N–H and O–H groups in total. The highest BCUT2D eigenvalue weighted by Gasteiger charge is 2.31. The molecule has 0 saturated carbocycles. The Morgan fingerprint density at radius 1 is 1.12 bits per heavy atom. The van der Waals surface area contributed by atoms with Gasteiger partial charge in [0, 0.05) is 31.6 Å². The molecule has 25 heavy (non-hydrogen) atoms. The molecule has 1 aromatic carbocycles. The van der Waals surface area contributed by atoms with E-state index in [-0.39, 0.29) is 49.0 Å². The largest absolute Gasteiger partial charge is 0.416 e. The number of carbonyl (C=O) groups is 2. The molecule has 1 aromatic rings. The van der Waals surface area contributed by atoms with E-state index >= 15 is 0 Å². The lowest BCUT2D eigenvalue weighted by molar-refractivity contribution is -0.137. The van der Waals surface area contributed by atoms with E-state index < -0.39 is 17.6 Å². The van der Waals surface area contributed by atoms with Gasteiger partial charge in [-0.3, -0.25) is 9.59 Å². The average molecular weight is 382 g/mol. The minimum atomic E-state index is -4.51. The van der Waals surface area contributed by atoms with E-state index in [4.69, 9.17) is 5.73 Å². The highest BCUT2D eigenvalue weighted by Crippen LogP contribution is 2.32. The Bertz CT molecular complexity index is 580. The molecule has 2 amide bonds. The minimum Gasteiger partial charge on any atom is -0.356 e. The number of nitrogens with two attached hydrogens (primary N) is 1. The maximum absolute atomic E-state index is 12.8. The van der Waals surface area contributed by atoms with Gasteiger partial charge in [-0.25, -0.2) is 0 Å². The highest BCUT2D eigenvalue weighted by molar-refractivity contribution is 5.91. The van der Waals surface area contributed by atoms with Crippen molar-refractivity contribution in [2.75, 3.05) is 11.9 Å². The molecule has 0 atom stereocenters. The Morgan fingerprint density at radius 3 is 2.32 bits per heavy atom. The van der Waals surface area contributed by atoms with Gasteiger partial charge in [-0.15, -0.1) is 12.4 Å². The molecule has 0 aliphatic carbocycles. The molecule has 0 spiro atoms. The van der Waals surface area contributed by atoms with Gasteiger partial charge in [0.25, 0.3) is 0 Å². The van der Waals surface area contributed by atoms with Crippen molar-refractivity contribution in [2.24, 2.45) is 5.73 Å². The summed E-state index contributed by atoms with van der Waals surface area (Å²) in [5.41, 5.74) is 4.85. The van der Waals surface area contributed by atoms with Gasteiger partial charge in [-0.1, -0.05) is 6.92 Å². The Labute approximate surface area is 150 Å². The molecule has 0 saturated heterocycles. The number of rotatable bonds is 8. The third-order valence-electron chi connectivity index (χ3n) is 3.22. The van der Waals surface area contributed by atoms with E-state index in [1.54, 1.807) is 0 Å². The van der Waals surface area contributed by atoms with Crippen LogP contribution in [0.25, 0.3) is 0 Å². The zero-order valence-corrected chi connectivity index (χ0v) is 14.7. The number of hydrogen-bond donors (Lipinski definition) is 3. The number of alkyl halides is 3. The molecule has 5 nitrogen and oxygen atoms in total. The summed E-state index contributed by atoms with van der Waals surface area (Å²) >= 11 is 0. The highest BCUT2D eigenvalue weighted by atomic mass is 35.5. The van der Waals surface area contributed by atoms with Gasteiger partial charge < -0.3 is 16.4 Å². The fourth-order valence-corrected chi connectivity index (χ4v) is 2.03. The SMILES string of the molecule is CCCNC(=O)CCCC(=O)Nc1cc(CN)cc(C(F)(F)F)c1.Cl. The van der Waals surface area contributed by atoms with E-state index in [2.05, 4.69) is 10.6 Å². The Balaban J connectivity index is 0.00000576. The molecule has 1 rings (SSSR count). The fraction of sp³-hybridized carbons (Fsp3) is 0.500. The van der Waals surface area contributed by atoms with Crippen LogP contribution >= 0.6 is 12.4 Å². The summed E-state index contributed by atoms with van der Waals surface area (Å²) in [6.07, 6.45) is -3.12. The zero-order chi connectivity index (χ0) is 18.2. The van der Waals surface area contributed by atoms with E-state index in [1.807, 2.05) is 6.92 Å². The zero-order valence-electron chi connectivity index (χ0n) is 13.9. The topological polar surface area (TPSA) is 84.2 Å². The number of amides is 2. The molecule has 0 bridgehead atoms. The lowest BCUT2D eigenvalue weighted by atomic mass is 10.1. The first-order valence-corrected chi connectivity index (χ1v) is 7.74. The van der Waals surface area contributed by atoms with Gasteiger partial charge >= 0.3 is 6.18 Å². The first kappa shape index (κ1) is 23.2. The maximum atomic E-state index is 12.8. The lowest BCUT2D eigenvalue weighted by Crippen LogP contribution is -2.24. The van der Waals surface area contributed by atoms with Crippen molar-refractivity contribution in [1.29, 1.82) is 0 Å². The van der Waals surface area contributed by atoms with E-state index in [0.717, 1.165) is 18.6 Å². The molecular formula is C16H23ClF3N3O2. The van der Waals surface area contributed by atoms with Gasteiger partial charge in [-0.2, -0.15) is 13.2 Å². The molecule has 0 heterocycles. The molecule has 9 heteroatoms. The van der Waals surface area contributed by atoms with Crippen LogP contribution in [0, 0.1) is 0 Å². The van der Waals surface area contributed by atoms with Crippen LogP contribution in [0.2, 0.25) is 0 Å². The fourth-order valence-electron chi connectivity index (χ4n) is 2.03. The van der Waals surface area contributed by atoms with E-state index in [9.17, 15) is 22.8 Å². The normalized spacial score (nSPS) is 10.8. The second kappa shape index (κ2) is 10.9. The first-order valence-electron chi connectivity index (χ1n) is 7.74. The lowest BCUT2D eigenvalue weighted by Gasteiger charge is -2.12. The number of nitrogens with one attached hydrogen (secondary N) is 2. The van der Waals surface area contributed by atoms with Crippen molar-refractivity contribution >= 4 is 29.9 Å². The Kier molecular flexibility index (Phi) is 10.2. The number of anilines is 1. The summed E-state index contributed by atoms with van der Waals surface area (Å²) in [6, 6.07) is 3.22. The average Bonchev–Trinajstić information content (AvgIpc) is 2.51. The molecule has 0 aliphatic heterocycles. The number of halogens is 4. The van der Waals surface area contributed by atoms with Crippen LogP contribution < -0.4 is 16.4 Å². The molecule has 0 aromatic heterocycles. The van der Waals surface area contributed by atoms with Gasteiger partial charge in [0.15, 0.2) is 0 Å². The van der Waals surface area contributed by atoms with Crippen LogP contribution in [-0.2, 0) is 22.3 Å². The second-order valence-electron chi connectivity index (χ2n) is 5.37. The Morgan fingerprint density at radius 2 is 1.76 bits per heavy atom. The van der Waals surface area contributed by atoms with Crippen LogP contribution in [0.5, 0.6) is 0 Å². The van der Waals surface area contributed by atoms with Gasteiger partial charge in [-0.05, 0) is 36.6 Å². The molecule has 0 radical (unpaired) electrons. The van der Waals surface area contributed by atoms with Crippen molar-refractivity contribution in [1.82, 2.24) is 5.32 Å². The minimum absolute atomic E-state index is 0. The molecule has 0 fully saturated rings. The Hall–Kier alpha value is -1.80. The molecule has 142 valence electrons. The van der Waals surface area contributed by atoms with Gasteiger partial charge in [0.1, 0.15) is 0 Å². The second-order valence-corrected chi connectivity index (χ2v) is 5.37. The quantitative estimate of drug-likeness (QED) is 0.646. The predicted octanol–water partition coefficient (Wildman–Crippen LogP) is 3.22. The summed E-state index contributed by atoms with van der Waals surface area (Å²) < 4.78 is 38.5. The summed E-state index contributed by atoms with van der Waals surface area (Å²) in [5, 5.41) is 5.11. The first-order chi connectivity index (χ1) is 11.3. The third kappa shape index (κ3) is 8.74. The van der Waals surface area contributed by atoms with Crippen molar-refractivity contribution in [3.8, 4) is 0 Å². The van der Waals surface area contributed by atoms with Gasteiger partial charge in [0.2, 0.25) is 11.8 Å². The third-order valence-corrected chi connectivity index (χ3v) is 3.22. The van der Waals surface area contributed by atoms with Crippen LogP contribution in [0.4, 0.5) is 18.9 Å². The monoisotopic (exact) mass is 381 g/mol. The van der Waals surface area contributed by atoms with E-state index in [1.165, 1.54) is 6.07 Å². The predicted molar refractivity (Wildman–Crippen MR) is 92.4 cm³/mol. The standard InChI is InChI=1S/C16H22F3N3O2.ClH/c1-2-6-21-14(23)4-3-5-15(24)22-13-8-11(10-20)7-12(9-13)16(17,18)19;/h7-9H,2-6,10,20H2,1H3,(H,21,23)(H,22,24);1H. The summed E-state index contributed by atoms with van der Waals surface area (Å²) in [5.74, 6) is -0.588. The maximum Gasteiger partial charge on any atom is 0.416 e.